The summed E-state index contributed by atoms with van der Waals surface area (Å²) in [5, 5.41) is 8.85. The van der Waals surface area contributed by atoms with E-state index in [1.54, 1.807) is 0 Å². The molecule has 0 spiro atoms. The number of hydrogen-bond donors (Lipinski definition) is 0. The lowest BCUT2D eigenvalue weighted by molar-refractivity contribution is 0.272. The molecule has 0 saturated carbocycles. The summed E-state index contributed by atoms with van der Waals surface area (Å²) >= 11 is 0. The van der Waals surface area contributed by atoms with Gasteiger partial charge in [-0.15, -0.1) is 0 Å². The van der Waals surface area contributed by atoms with Gasteiger partial charge in [0.2, 0.25) is 0 Å². The normalized spacial score (nSPS) is 26.9. The molecule has 1 rings (SSSR count). The molecule has 0 amide bonds. The third-order valence-corrected chi connectivity index (χ3v) is 2.87. The highest BCUT2D eigenvalue weighted by atomic mass is 15.2. The Kier molecular flexibility index (Phi) is 3.55. The second kappa shape index (κ2) is 4.47. The maximum absolute atomic E-state index is 8.85. The van der Waals surface area contributed by atoms with Crippen molar-refractivity contribution in [2.45, 2.75) is 39.2 Å². The Morgan fingerprint density at radius 2 is 2.33 bits per heavy atom. The molecule has 0 aliphatic carbocycles. The summed E-state index contributed by atoms with van der Waals surface area (Å²) in [6.45, 7) is 6.60. The number of likely N-dealkylation sites (tertiary alicyclic amines) is 1. The second-order valence-corrected chi connectivity index (χ2v) is 3.61. The Balaban J connectivity index is 2.40. The van der Waals surface area contributed by atoms with Crippen LogP contribution in [0.5, 0.6) is 0 Å². The van der Waals surface area contributed by atoms with E-state index in [2.05, 4.69) is 24.8 Å². The molecule has 2 heteroatoms. The van der Waals surface area contributed by atoms with Crippen molar-refractivity contribution in [1.29, 1.82) is 5.26 Å². The molecule has 1 saturated heterocycles. The zero-order chi connectivity index (χ0) is 8.97. The van der Waals surface area contributed by atoms with Crippen LogP contribution < -0.4 is 0 Å². The standard InChI is InChI=1S/C10H18N2/c1-3-9-5-6-12(8-9)10(4-2)7-11/h9-10H,3-6,8H2,1-2H3. The summed E-state index contributed by atoms with van der Waals surface area (Å²) in [6.07, 6.45) is 3.51. The molecule has 12 heavy (non-hydrogen) atoms. The Labute approximate surface area is 75.2 Å². The van der Waals surface area contributed by atoms with E-state index in [1.807, 2.05) is 0 Å². The van der Waals surface area contributed by atoms with Crippen LogP contribution >= 0.6 is 0 Å². The zero-order valence-corrected chi connectivity index (χ0v) is 8.08. The summed E-state index contributed by atoms with van der Waals surface area (Å²) in [5.74, 6) is 0.840. The van der Waals surface area contributed by atoms with Crippen LogP contribution in [0, 0.1) is 17.2 Å². The topological polar surface area (TPSA) is 27.0 Å². The number of hydrogen-bond acceptors (Lipinski definition) is 2. The molecule has 68 valence electrons. The third-order valence-electron chi connectivity index (χ3n) is 2.87. The van der Waals surface area contributed by atoms with Crippen molar-refractivity contribution in [1.82, 2.24) is 4.90 Å². The molecule has 2 unspecified atom stereocenters. The molecule has 1 aliphatic heterocycles. The molecule has 1 heterocycles. The zero-order valence-electron chi connectivity index (χ0n) is 8.08. The number of nitriles is 1. The van der Waals surface area contributed by atoms with Crippen molar-refractivity contribution >= 4 is 0 Å². The molecule has 1 fully saturated rings. The highest BCUT2D eigenvalue weighted by molar-refractivity contribution is 4.93. The molecular formula is C10H18N2. The van der Waals surface area contributed by atoms with E-state index in [-0.39, 0.29) is 6.04 Å². The van der Waals surface area contributed by atoms with Crippen LogP contribution in [0.25, 0.3) is 0 Å². The van der Waals surface area contributed by atoms with E-state index in [4.69, 9.17) is 5.26 Å². The van der Waals surface area contributed by atoms with Crippen molar-refractivity contribution < 1.29 is 0 Å². The molecule has 0 aromatic carbocycles. The van der Waals surface area contributed by atoms with Crippen molar-refractivity contribution in [3.8, 4) is 6.07 Å². The highest BCUT2D eigenvalue weighted by Gasteiger charge is 2.25. The van der Waals surface area contributed by atoms with Crippen LogP contribution in [0.4, 0.5) is 0 Å². The monoisotopic (exact) mass is 166 g/mol. The maximum Gasteiger partial charge on any atom is 0.0975 e. The van der Waals surface area contributed by atoms with E-state index in [0.717, 1.165) is 25.4 Å². The third kappa shape index (κ3) is 1.98. The fraction of sp³-hybridized carbons (Fsp3) is 0.900. The first-order valence-corrected chi connectivity index (χ1v) is 4.95. The van der Waals surface area contributed by atoms with Gasteiger partial charge in [0.25, 0.3) is 0 Å². The van der Waals surface area contributed by atoms with Gasteiger partial charge in [-0.05, 0) is 25.3 Å². The smallest absolute Gasteiger partial charge is 0.0975 e. The predicted octanol–water partition coefficient (Wildman–Crippen LogP) is 2.02. The summed E-state index contributed by atoms with van der Waals surface area (Å²) in [6, 6.07) is 2.53. The predicted molar refractivity (Wildman–Crippen MR) is 49.7 cm³/mol. The minimum atomic E-state index is 0.168. The van der Waals surface area contributed by atoms with Crippen LogP contribution in [-0.2, 0) is 0 Å². The Hall–Kier alpha value is -0.550. The van der Waals surface area contributed by atoms with Gasteiger partial charge in [-0.3, -0.25) is 4.90 Å². The molecular weight excluding hydrogens is 148 g/mol. The molecule has 0 aromatic heterocycles. The lowest BCUT2D eigenvalue weighted by Crippen LogP contribution is -2.31. The van der Waals surface area contributed by atoms with Gasteiger partial charge in [-0.1, -0.05) is 20.3 Å². The van der Waals surface area contributed by atoms with Gasteiger partial charge in [0.1, 0.15) is 0 Å². The molecule has 2 atom stereocenters. The van der Waals surface area contributed by atoms with Gasteiger partial charge in [0.15, 0.2) is 0 Å². The van der Waals surface area contributed by atoms with Crippen molar-refractivity contribution in [3.05, 3.63) is 0 Å². The Bertz CT molecular complexity index is 171. The summed E-state index contributed by atoms with van der Waals surface area (Å²) < 4.78 is 0. The van der Waals surface area contributed by atoms with Crippen molar-refractivity contribution in [2.75, 3.05) is 13.1 Å². The maximum atomic E-state index is 8.85. The minimum absolute atomic E-state index is 0.168. The average molecular weight is 166 g/mol. The van der Waals surface area contributed by atoms with E-state index in [0.29, 0.717) is 0 Å². The van der Waals surface area contributed by atoms with Gasteiger partial charge >= 0.3 is 0 Å². The quantitative estimate of drug-likeness (QED) is 0.641. The molecule has 2 nitrogen and oxygen atoms in total. The summed E-state index contributed by atoms with van der Waals surface area (Å²) in [5.41, 5.74) is 0. The number of nitrogens with zero attached hydrogens (tertiary/aromatic N) is 2. The molecule has 0 radical (unpaired) electrons. The molecule has 0 aromatic rings. The van der Waals surface area contributed by atoms with Gasteiger partial charge < -0.3 is 0 Å². The fourth-order valence-electron chi connectivity index (χ4n) is 1.91. The van der Waals surface area contributed by atoms with Gasteiger partial charge in [0.05, 0.1) is 12.1 Å². The van der Waals surface area contributed by atoms with Crippen LogP contribution in [0.1, 0.15) is 33.1 Å². The Morgan fingerprint density at radius 1 is 1.58 bits per heavy atom. The highest BCUT2D eigenvalue weighted by Crippen LogP contribution is 2.21. The largest absolute Gasteiger partial charge is 0.288 e. The van der Waals surface area contributed by atoms with E-state index in [1.165, 1.54) is 12.8 Å². The average Bonchev–Trinajstić information content (AvgIpc) is 2.55. The van der Waals surface area contributed by atoms with Crippen LogP contribution in [0.15, 0.2) is 0 Å². The van der Waals surface area contributed by atoms with Gasteiger partial charge in [-0.2, -0.15) is 5.26 Å². The lowest BCUT2D eigenvalue weighted by Gasteiger charge is -2.20. The summed E-state index contributed by atoms with van der Waals surface area (Å²) in [7, 11) is 0. The number of rotatable bonds is 3. The van der Waals surface area contributed by atoms with E-state index >= 15 is 0 Å². The van der Waals surface area contributed by atoms with E-state index in [9.17, 15) is 0 Å². The fourth-order valence-corrected chi connectivity index (χ4v) is 1.91. The lowest BCUT2D eigenvalue weighted by atomic mass is 10.1. The van der Waals surface area contributed by atoms with Crippen molar-refractivity contribution in [2.24, 2.45) is 5.92 Å². The first kappa shape index (κ1) is 9.54. The van der Waals surface area contributed by atoms with Gasteiger partial charge in [0, 0.05) is 6.54 Å². The van der Waals surface area contributed by atoms with Crippen LogP contribution in [-0.4, -0.2) is 24.0 Å². The summed E-state index contributed by atoms with van der Waals surface area (Å²) in [4.78, 5) is 2.33. The minimum Gasteiger partial charge on any atom is -0.288 e. The first-order chi connectivity index (χ1) is 5.81. The first-order valence-electron chi connectivity index (χ1n) is 4.95. The van der Waals surface area contributed by atoms with E-state index < -0.39 is 0 Å². The van der Waals surface area contributed by atoms with Crippen LogP contribution in [0.3, 0.4) is 0 Å². The Morgan fingerprint density at radius 3 is 2.75 bits per heavy atom. The SMILES string of the molecule is CCC1CCN(C(C#N)CC)C1. The van der Waals surface area contributed by atoms with Crippen LogP contribution in [0.2, 0.25) is 0 Å². The van der Waals surface area contributed by atoms with Gasteiger partial charge in [-0.25, -0.2) is 0 Å². The molecule has 1 aliphatic rings. The molecule has 0 bridgehead atoms. The van der Waals surface area contributed by atoms with Crippen molar-refractivity contribution in [3.63, 3.8) is 0 Å². The second-order valence-electron chi connectivity index (χ2n) is 3.61. The molecule has 0 N–H and O–H groups in total.